The van der Waals surface area contributed by atoms with Crippen LogP contribution >= 0.6 is 21.9 Å². The summed E-state index contributed by atoms with van der Waals surface area (Å²) in [6.45, 7) is 0. The fraction of sp³-hybridized carbons (Fsp3) is 0. The number of hydrogen-bond acceptors (Lipinski definition) is 1. The Morgan fingerprint density at radius 1 is 2.00 bits per heavy atom. The fourth-order valence-corrected chi connectivity index (χ4v) is 0. The molecule has 4 heavy (non-hydrogen) atoms. The summed E-state index contributed by atoms with van der Waals surface area (Å²) in [6, 6.07) is 0. The van der Waals surface area contributed by atoms with Gasteiger partial charge in [0, 0.05) is 0 Å². The van der Waals surface area contributed by atoms with Crippen molar-refractivity contribution in [3.63, 3.8) is 0 Å². The van der Waals surface area contributed by atoms with Crippen LogP contribution in [0.5, 0.6) is 0 Å². The van der Waals surface area contributed by atoms with Gasteiger partial charge in [-0.05, 0) is 0 Å². The van der Waals surface area contributed by atoms with Crippen LogP contribution in [0.1, 0.15) is 0 Å². The third-order valence-corrected chi connectivity index (χ3v) is 0. The highest BCUT2D eigenvalue weighted by atomic mass is 32.1. The molecule has 0 heterocycles. The largest absolute Gasteiger partial charge is 0.283 e. The Bertz CT molecular complexity index is 31.0. The lowest BCUT2D eigenvalue weighted by atomic mass is 11.8. The summed E-state index contributed by atoms with van der Waals surface area (Å²) in [5, 5.41) is 0. The summed E-state index contributed by atoms with van der Waals surface area (Å²) in [4.78, 5) is 9.05. The molecule has 0 aromatic heterocycles. The zero-order chi connectivity index (χ0) is 3.58. The average Bonchev–Trinajstić information content (AvgIpc) is 0.811. The molecule has 0 aliphatic rings. The quantitative estimate of drug-likeness (QED) is 0.348. The molecule has 0 aliphatic carbocycles. The Hall–Kier alpha value is 0.450. The first-order valence-electron chi connectivity index (χ1n) is 0.716. The third-order valence-electron chi connectivity index (χ3n) is 0. The molecule has 1 atom stereocenters. The van der Waals surface area contributed by atoms with Crippen molar-refractivity contribution in [1.29, 1.82) is 0 Å². The lowest BCUT2D eigenvalue weighted by Gasteiger charge is -1.55. The molecule has 0 radical (unpaired) electrons. The minimum atomic E-state index is -0.222. The van der Waals surface area contributed by atoms with E-state index < -0.39 is 0 Å². The van der Waals surface area contributed by atoms with E-state index in [-0.39, 0.29) is 4.86 Å². The van der Waals surface area contributed by atoms with Crippen LogP contribution in [0.4, 0.5) is 4.79 Å². The highest BCUT2D eigenvalue weighted by Gasteiger charge is 1.63. The topological polar surface area (TPSA) is 17.1 Å². The smallest absolute Gasteiger partial charge is 0.200 e. The first-order valence-corrected chi connectivity index (χ1v) is 1.74. The summed E-state index contributed by atoms with van der Waals surface area (Å²) in [7, 11) is 1.88. The monoisotopic (exact) mass is 94.0 g/mol. The molecule has 0 bridgehead atoms. The van der Waals surface area contributed by atoms with Crippen LogP contribution in [0.3, 0.4) is 0 Å². The van der Waals surface area contributed by atoms with Gasteiger partial charge in [-0.3, -0.25) is 4.79 Å². The summed E-state index contributed by atoms with van der Waals surface area (Å²) in [5.41, 5.74) is 0. The second kappa shape index (κ2) is 1.74. The number of hydrogen-bond donors (Lipinski definition) is 1. The Balaban J connectivity index is 2.80. The van der Waals surface area contributed by atoms with Crippen molar-refractivity contribution in [1.82, 2.24) is 0 Å². The van der Waals surface area contributed by atoms with E-state index >= 15 is 0 Å². The van der Waals surface area contributed by atoms with Gasteiger partial charge in [-0.25, -0.2) is 0 Å². The van der Waals surface area contributed by atoms with Crippen LogP contribution < -0.4 is 0 Å². The van der Waals surface area contributed by atoms with Gasteiger partial charge in [-0.2, -0.15) is 0 Å². The third kappa shape index (κ3) is 25.4. The normalized spacial score (nSPS) is 6.50. The minimum Gasteiger partial charge on any atom is -0.283 e. The van der Waals surface area contributed by atoms with Crippen LogP contribution in [-0.2, 0) is 0 Å². The molecule has 0 aromatic rings. The van der Waals surface area contributed by atoms with Gasteiger partial charge in [0.05, 0.1) is 0 Å². The zero-order valence-electron chi connectivity index (χ0n) is 1.93. The van der Waals surface area contributed by atoms with Crippen molar-refractivity contribution >= 4 is 26.7 Å². The number of thiol groups is 1. The second-order valence-electron chi connectivity index (χ2n) is 0.338. The van der Waals surface area contributed by atoms with Crippen molar-refractivity contribution < 1.29 is 4.79 Å². The molecule has 0 saturated heterocycles. The summed E-state index contributed by atoms with van der Waals surface area (Å²) in [6.07, 6.45) is 0. The molecule has 0 saturated carbocycles. The van der Waals surface area contributed by atoms with Crippen LogP contribution in [0.15, 0.2) is 0 Å². The highest BCUT2D eigenvalue weighted by Crippen LogP contribution is 1.88. The Morgan fingerprint density at radius 3 is 2.00 bits per heavy atom. The Kier molecular flexibility index (Phi) is 1.94. The zero-order valence-corrected chi connectivity index (χ0v) is 3.98. The SMILES string of the molecule is O=C(P)S. The number of carbonyl (C=O) groups excluding carboxylic acids is 1. The standard InChI is InChI=1S/CH3OPS/c2-1(3)4/h3H2,(H,2,4). The average molecular weight is 94.1 g/mol. The summed E-state index contributed by atoms with van der Waals surface area (Å²) >= 11 is 3.29. The highest BCUT2D eigenvalue weighted by molar-refractivity contribution is 8.06. The van der Waals surface area contributed by atoms with Gasteiger partial charge in [-0.15, -0.1) is 12.6 Å². The molecular weight excluding hydrogens is 91.1 g/mol. The van der Waals surface area contributed by atoms with E-state index in [1.165, 1.54) is 0 Å². The van der Waals surface area contributed by atoms with E-state index in [0.717, 1.165) is 0 Å². The maximum absolute atomic E-state index is 9.27. The molecule has 1 nitrogen and oxygen atoms in total. The van der Waals surface area contributed by atoms with Gasteiger partial charge in [0.1, 0.15) is 0 Å². The fourth-order valence-electron chi connectivity index (χ4n) is 0. The maximum atomic E-state index is 9.27. The second-order valence-corrected chi connectivity index (χ2v) is 1.79. The predicted molar refractivity (Wildman–Crippen MR) is 24.1 cm³/mol. The van der Waals surface area contributed by atoms with Crippen LogP contribution in [0.2, 0.25) is 0 Å². The first-order chi connectivity index (χ1) is 1.73. The molecular formula is CH3OPS. The minimum absolute atomic E-state index is 0.222. The van der Waals surface area contributed by atoms with Gasteiger partial charge >= 0.3 is 0 Å². The lowest BCUT2D eigenvalue weighted by Crippen LogP contribution is -1.45. The maximum Gasteiger partial charge on any atom is 0.200 e. The first kappa shape index (κ1) is 4.45. The lowest BCUT2D eigenvalue weighted by molar-refractivity contribution is 0.277. The molecule has 0 rings (SSSR count). The molecule has 0 amide bonds. The Labute approximate surface area is 32.4 Å². The molecule has 0 N–H and O–H groups in total. The number of carbonyl (C=O) groups is 1. The van der Waals surface area contributed by atoms with E-state index in [9.17, 15) is 4.79 Å². The molecule has 0 aromatic carbocycles. The molecule has 3 heteroatoms. The van der Waals surface area contributed by atoms with Crippen molar-refractivity contribution in [2.75, 3.05) is 0 Å². The molecule has 0 aliphatic heterocycles. The molecule has 0 spiro atoms. The summed E-state index contributed by atoms with van der Waals surface area (Å²) < 4.78 is 0. The van der Waals surface area contributed by atoms with Crippen molar-refractivity contribution in [3.05, 3.63) is 0 Å². The molecule has 0 fully saturated rings. The van der Waals surface area contributed by atoms with Crippen LogP contribution in [0.25, 0.3) is 0 Å². The van der Waals surface area contributed by atoms with E-state index in [4.69, 9.17) is 0 Å². The molecule has 1 unspecified atom stereocenters. The molecule has 24 valence electrons. The van der Waals surface area contributed by atoms with Crippen LogP contribution in [0, 0.1) is 0 Å². The van der Waals surface area contributed by atoms with E-state index in [1.807, 2.05) is 9.24 Å². The number of rotatable bonds is 0. The van der Waals surface area contributed by atoms with Gasteiger partial charge in [0.15, 0.2) is 0 Å². The van der Waals surface area contributed by atoms with Gasteiger partial charge < -0.3 is 0 Å². The van der Waals surface area contributed by atoms with Crippen molar-refractivity contribution in [3.8, 4) is 0 Å². The summed E-state index contributed by atoms with van der Waals surface area (Å²) in [5.74, 6) is 0. The van der Waals surface area contributed by atoms with E-state index in [2.05, 4.69) is 12.6 Å². The van der Waals surface area contributed by atoms with Gasteiger partial charge in [-0.1, -0.05) is 9.24 Å². The Morgan fingerprint density at radius 2 is 2.00 bits per heavy atom. The van der Waals surface area contributed by atoms with Crippen molar-refractivity contribution in [2.45, 2.75) is 0 Å². The van der Waals surface area contributed by atoms with Crippen molar-refractivity contribution in [2.24, 2.45) is 0 Å². The van der Waals surface area contributed by atoms with E-state index in [0.29, 0.717) is 0 Å². The van der Waals surface area contributed by atoms with Crippen LogP contribution in [-0.4, -0.2) is 4.86 Å². The van der Waals surface area contributed by atoms with Gasteiger partial charge in [0.25, 0.3) is 0 Å². The van der Waals surface area contributed by atoms with Gasteiger partial charge in [0.2, 0.25) is 4.86 Å². The predicted octanol–water partition coefficient (Wildman–Crippen LogP) is 0.911. The van der Waals surface area contributed by atoms with E-state index in [1.54, 1.807) is 0 Å².